The van der Waals surface area contributed by atoms with Crippen LogP contribution >= 0.6 is 0 Å². The van der Waals surface area contributed by atoms with E-state index < -0.39 is 24.9 Å². The van der Waals surface area contributed by atoms with Crippen LogP contribution in [0.2, 0.25) is 0 Å². The number of nitrogens with zero attached hydrogens (tertiary/aromatic N) is 1. The van der Waals surface area contributed by atoms with Gasteiger partial charge in [0.05, 0.1) is 11.0 Å². The molecule has 30 heavy (non-hydrogen) atoms. The normalized spacial score (nSPS) is 11.5. The van der Waals surface area contributed by atoms with Crippen molar-refractivity contribution >= 4 is 23.0 Å². The molecule has 0 fully saturated rings. The molecule has 0 atom stereocenters. The van der Waals surface area contributed by atoms with Crippen molar-refractivity contribution in [1.29, 1.82) is 0 Å². The summed E-state index contributed by atoms with van der Waals surface area (Å²) in [6.45, 7) is -5.98. The van der Waals surface area contributed by atoms with Crippen molar-refractivity contribution in [3.63, 3.8) is 0 Å². The first-order valence-electron chi connectivity index (χ1n) is 8.84. The Bertz CT molecular complexity index is 1000. The number of fused-ring (bicyclic) bond motifs is 1. The minimum absolute atomic E-state index is 0.101. The predicted octanol–water partition coefficient (Wildman–Crippen LogP) is 4.14. The third kappa shape index (κ3) is 5.97. The number of imidazole rings is 1. The number of benzene rings is 2. The summed E-state index contributed by atoms with van der Waals surface area (Å²) >= 11 is 0. The van der Waals surface area contributed by atoms with Crippen LogP contribution in [0.4, 0.5) is 17.6 Å². The van der Waals surface area contributed by atoms with Crippen molar-refractivity contribution in [3.05, 3.63) is 59.9 Å². The lowest BCUT2D eigenvalue weighted by molar-refractivity contribution is -0.116. The highest BCUT2D eigenvalue weighted by Gasteiger charge is 2.12. The molecule has 2 N–H and O–H groups in total. The molecule has 0 bridgehead atoms. The number of carbonyl (C=O) groups is 1. The van der Waals surface area contributed by atoms with Gasteiger partial charge in [0.25, 0.3) is 0 Å². The standard InChI is InChI=1S/C20H17F4N3O3/c21-19(22)29-13-7-5-12(16(11-13)30-20(23)24)6-8-18(28)25-10-9-17-26-14-3-1-2-4-15(14)27-17/h1-8,11,19-20H,9-10H2,(H,25,28)(H,26,27)/b8-6+. The maximum atomic E-state index is 12.6. The fourth-order valence-electron chi connectivity index (χ4n) is 2.68. The van der Waals surface area contributed by atoms with E-state index in [-0.39, 0.29) is 11.3 Å². The zero-order valence-electron chi connectivity index (χ0n) is 15.4. The van der Waals surface area contributed by atoms with Crippen molar-refractivity contribution in [2.75, 3.05) is 6.54 Å². The topological polar surface area (TPSA) is 76.2 Å². The summed E-state index contributed by atoms with van der Waals surface area (Å²) in [5.41, 5.74) is 1.82. The first kappa shape index (κ1) is 21.2. The maximum absolute atomic E-state index is 12.6. The summed E-state index contributed by atoms with van der Waals surface area (Å²) in [7, 11) is 0. The third-order valence-corrected chi connectivity index (χ3v) is 3.94. The number of ether oxygens (including phenoxy) is 2. The fraction of sp³-hybridized carbons (Fsp3) is 0.200. The largest absolute Gasteiger partial charge is 0.435 e. The van der Waals surface area contributed by atoms with Crippen molar-refractivity contribution in [2.45, 2.75) is 19.6 Å². The Hall–Kier alpha value is -3.56. The van der Waals surface area contributed by atoms with Gasteiger partial charge in [0.1, 0.15) is 17.3 Å². The number of hydrogen-bond acceptors (Lipinski definition) is 4. The van der Waals surface area contributed by atoms with E-state index in [0.717, 1.165) is 29.2 Å². The summed E-state index contributed by atoms with van der Waals surface area (Å²) in [6, 6.07) is 10.8. The molecule has 3 rings (SSSR count). The molecule has 6 nitrogen and oxygen atoms in total. The molecule has 0 radical (unpaired) electrons. The van der Waals surface area contributed by atoms with E-state index in [2.05, 4.69) is 24.8 Å². The van der Waals surface area contributed by atoms with Crippen LogP contribution < -0.4 is 14.8 Å². The Morgan fingerprint density at radius 1 is 1.10 bits per heavy atom. The van der Waals surface area contributed by atoms with Gasteiger partial charge in [-0.25, -0.2) is 4.98 Å². The fourth-order valence-corrected chi connectivity index (χ4v) is 2.68. The highest BCUT2D eigenvalue weighted by atomic mass is 19.3. The molecule has 0 saturated heterocycles. The molecule has 10 heteroatoms. The number of carbonyl (C=O) groups excluding carboxylic acids is 1. The van der Waals surface area contributed by atoms with Gasteiger partial charge in [0, 0.05) is 30.7 Å². The highest BCUT2D eigenvalue weighted by molar-refractivity contribution is 5.92. The van der Waals surface area contributed by atoms with Crippen LogP contribution in [-0.2, 0) is 11.2 Å². The molecule has 0 aliphatic heterocycles. The quantitative estimate of drug-likeness (QED) is 0.401. The van der Waals surface area contributed by atoms with Crippen molar-refractivity contribution in [2.24, 2.45) is 0 Å². The number of aromatic nitrogens is 2. The lowest BCUT2D eigenvalue weighted by Crippen LogP contribution is -2.23. The molecule has 3 aromatic rings. The molecule has 1 amide bonds. The van der Waals surface area contributed by atoms with Gasteiger partial charge in [0.2, 0.25) is 5.91 Å². The highest BCUT2D eigenvalue weighted by Crippen LogP contribution is 2.28. The number of halogens is 4. The average Bonchev–Trinajstić information content (AvgIpc) is 3.09. The van der Waals surface area contributed by atoms with Gasteiger partial charge in [-0.05, 0) is 30.3 Å². The predicted molar refractivity (Wildman–Crippen MR) is 102 cm³/mol. The second kappa shape index (κ2) is 9.77. The zero-order chi connectivity index (χ0) is 21.5. The van der Waals surface area contributed by atoms with Gasteiger partial charge >= 0.3 is 13.2 Å². The van der Waals surface area contributed by atoms with Gasteiger partial charge in [-0.3, -0.25) is 4.79 Å². The van der Waals surface area contributed by atoms with Crippen LogP contribution in [0.3, 0.4) is 0 Å². The molecule has 0 spiro atoms. The van der Waals surface area contributed by atoms with Gasteiger partial charge in [0.15, 0.2) is 0 Å². The van der Waals surface area contributed by atoms with E-state index in [1.54, 1.807) is 0 Å². The van der Waals surface area contributed by atoms with Crippen molar-refractivity contribution in [3.8, 4) is 11.5 Å². The van der Waals surface area contributed by atoms with Crippen LogP contribution in [0.1, 0.15) is 11.4 Å². The number of alkyl halides is 4. The van der Waals surface area contributed by atoms with Crippen LogP contribution in [0.15, 0.2) is 48.5 Å². The molecule has 0 aliphatic carbocycles. The summed E-state index contributed by atoms with van der Waals surface area (Å²) in [5.74, 6) is -0.493. The molecule has 1 aromatic heterocycles. The second-order valence-electron chi connectivity index (χ2n) is 6.03. The van der Waals surface area contributed by atoms with Crippen LogP contribution in [0.25, 0.3) is 17.1 Å². The summed E-state index contributed by atoms with van der Waals surface area (Å²) in [6.07, 6.45) is 2.83. The number of amides is 1. The van der Waals surface area contributed by atoms with E-state index in [1.807, 2.05) is 24.3 Å². The molecule has 0 saturated carbocycles. The van der Waals surface area contributed by atoms with Crippen LogP contribution in [0.5, 0.6) is 11.5 Å². The Morgan fingerprint density at radius 2 is 1.87 bits per heavy atom. The number of H-pyrrole nitrogens is 1. The number of rotatable bonds is 9. The monoisotopic (exact) mass is 423 g/mol. The Kier molecular flexibility index (Phi) is 6.89. The van der Waals surface area contributed by atoms with E-state index in [0.29, 0.717) is 18.8 Å². The van der Waals surface area contributed by atoms with E-state index in [9.17, 15) is 22.4 Å². The lowest BCUT2D eigenvalue weighted by atomic mass is 10.1. The Balaban J connectivity index is 1.58. The van der Waals surface area contributed by atoms with E-state index in [1.165, 1.54) is 12.1 Å². The van der Waals surface area contributed by atoms with Crippen LogP contribution in [-0.4, -0.2) is 35.6 Å². The zero-order valence-corrected chi connectivity index (χ0v) is 15.4. The minimum atomic E-state index is -3.17. The first-order chi connectivity index (χ1) is 14.4. The minimum Gasteiger partial charge on any atom is -0.435 e. The molecule has 0 aliphatic rings. The smallest absolute Gasteiger partial charge is 0.387 e. The number of hydrogen-bond donors (Lipinski definition) is 2. The molecule has 158 valence electrons. The van der Waals surface area contributed by atoms with E-state index >= 15 is 0 Å². The van der Waals surface area contributed by atoms with Gasteiger partial charge in [-0.2, -0.15) is 17.6 Å². The Morgan fingerprint density at radius 3 is 2.60 bits per heavy atom. The molecular weight excluding hydrogens is 406 g/mol. The van der Waals surface area contributed by atoms with Crippen LogP contribution in [0, 0.1) is 0 Å². The van der Waals surface area contributed by atoms with Crippen molar-refractivity contribution < 1.29 is 31.8 Å². The molecule has 0 unspecified atom stereocenters. The van der Waals surface area contributed by atoms with Gasteiger partial charge in [-0.1, -0.05) is 12.1 Å². The van der Waals surface area contributed by atoms with Crippen molar-refractivity contribution in [1.82, 2.24) is 15.3 Å². The number of para-hydroxylation sites is 2. The summed E-state index contributed by atoms with van der Waals surface area (Å²) in [4.78, 5) is 19.5. The number of nitrogens with one attached hydrogen (secondary N) is 2. The maximum Gasteiger partial charge on any atom is 0.387 e. The summed E-state index contributed by atoms with van der Waals surface area (Å²) < 4.78 is 58.2. The third-order valence-electron chi connectivity index (χ3n) is 3.94. The molecular formula is C20H17F4N3O3. The summed E-state index contributed by atoms with van der Waals surface area (Å²) in [5, 5.41) is 2.64. The Labute approximate surface area is 168 Å². The number of aromatic amines is 1. The second-order valence-corrected chi connectivity index (χ2v) is 6.03. The average molecular weight is 423 g/mol. The van der Waals surface area contributed by atoms with Gasteiger partial charge in [-0.15, -0.1) is 0 Å². The van der Waals surface area contributed by atoms with E-state index in [4.69, 9.17) is 0 Å². The molecule has 1 heterocycles. The molecule has 2 aromatic carbocycles. The first-order valence-corrected chi connectivity index (χ1v) is 8.84. The van der Waals surface area contributed by atoms with Gasteiger partial charge < -0.3 is 19.8 Å². The SMILES string of the molecule is O=C(/C=C/c1ccc(OC(F)F)cc1OC(F)F)NCCc1nc2ccccc2[nH]1. The lowest BCUT2D eigenvalue weighted by Gasteiger charge is -2.11.